The number of hydrogen-bond acceptors (Lipinski definition) is 6. The molecule has 1 N–H and O–H groups in total. The van der Waals surface area contributed by atoms with E-state index in [9.17, 15) is 14.9 Å². The molecular formula is C18H19N5O4. The predicted octanol–water partition coefficient (Wildman–Crippen LogP) is 2.04. The highest BCUT2D eigenvalue weighted by Gasteiger charge is 2.24. The highest BCUT2D eigenvalue weighted by Crippen LogP contribution is 2.31. The standard InChI is InChI=1S/C18H19N5O4/c1-18(2,3)27-22(11-24)6-7-23-15(13-5-4-8-26-13)12(9-19)14-16(23)17(25)21-10-20-14/h4-5,8,10-11H,6-7H2,1-3H3,(H,20,21,25). The number of hydrogen-bond donors (Lipinski definition) is 1. The number of furan rings is 1. The van der Waals surface area contributed by atoms with Crippen LogP contribution in [0.2, 0.25) is 0 Å². The van der Waals surface area contributed by atoms with E-state index in [1.807, 2.05) is 20.8 Å². The van der Waals surface area contributed by atoms with Gasteiger partial charge in [-0.1, -0.05) is 0 Å². The van der Waals surface area contributed by atoms with Gasteiger partial charge < -0.3 is 14.0 Å². The first-order chi connectivity index (χ1) is 12.9. The van der Waals surface area contributed by atoms with Crippen LogP contribution in [0, 0.1) is 11.3 Å². The minimum Gasteiger partial charge on any atom is -0.463 e. The lowest BCUT2D eigenvalue weighted by Crippen LogP contribution is -2.35. The van der Waals surface area contributed by atoms with Crippen LogP contribution in [0.4, 0.5) is 0 Å². The molecule has 0 atom stereocenters. The average molecular weight is 369 g/mol. The van der Waals surface area contributed by atoms with Crippen LogP contribution in [0.5, 0.6) is 0 Å². The van der Waals surface area contributed by atoms with Gasteiger partial charge in [0.2, 0.25) is 6.41 Å². The minimum absolute atomic E-state index is 0.164. The Morgan fingerprint density at radius 3 is 2.85 bits per heavy atom. The number of nitriles is 1. The van der Waals surface area contributed by atoms with E-state index < -0.39 is 5.60 Å². The van der Waals surface area contributed by atoms with Crippen molar-refractivity contribution in [2.75, 3.05) is 6.54 Å². The average Bonchev–Trinajstić information content (AvgIpc) is 3.23. The maximum Gasteiger partial charge on any atom is 0.275 e. The summed E-state index contributed by atoms with van der Waals surface area (Å²) in [6.45, 7) is 5.84. The van der Waals surface area contributed by atoms with Gasteiger partial charge >= 0.3 is 0 Å². The molecule has 0 fully saturated rings. The van der Waals surface area contributed by atoms with Gasteiger partial charge in [-0.15, -0.1) is 0 Å². The number of rotatable bonds is 6. The van der Waals surface area contributed by atoms with Crippen molar-refractivity contribution in [2.24, 2.45) is 0 Å². The molecule has 0 radical (unpaired) electrons. The Morgan fingerprint density at radius 2 is 2.26 bits per heavy atom. The topological polar surface area (TPSA) is 117 Å². The quantitative estimate of drug-likeness (QED) is 0.525. The lowest BCUT2D eigenvalue weighted by atomic mass is 10.2. The SMILES string of the molecule is CC(C)(C)ON(C=O)CCn1c(-c2ccco2)c(C#N)c2nc[nH]c(=O)c21. The van der Waals surface area contributed by atoms with Crippen molar-refractivity contribution in [1.82, 2.24) is 19.6 Å². The van der Waals surface area contributed by atoms with Crippen molar-refractivity contribution in [3.05, 3.63) is 40.6 Å². The van der Waals surface area contributed by atoms with Crippen LogP contribution in [0.15, 0.2) is 33.9 Å². The number of fused-ring (bicyclic) bond motifs is 1. The van der Waals surface area contributed by atoms with Crippen LogP contribution in [0.25, 0.3) is 22.5 Å². The number of amides is 1. The third-order valence-corrected chi connectivity index (χ3v) is 3.76. The molecule has 9 heteroatoms. The monoisotopic (exact) mass is 369 g/mol. The molecule has 0 aliphatic rings. The van der Waals surface area contributed by atoms with Gasteiger partial charge in [0, 0.05) is 6.54 Å². The molecule has 3 aromatic heterocycles. The Morgan fingerprint density at radius 1 is 1.48 bits per heavy atom. The van der Waals surface area contributed by atoms with Gasteiger partial charge in [0.25, 0.3) is 5.56 Å². The molecule has 0 bridgehead atoms. The number of H-pyrrole nitrogens is 1. The number of carbonyl (C=O) groups is 1. The van der Waals surface area contributed by atoms with Crippen molar-refractivity contribution in [1.29, 1.82) is 5.26 Å². The van der Waals surface area contributed by atoms with Crippen molar-refractivity contribution in [3.63, 3.8) is 0 Å². The van der Waals surface area contributed by atoms with Gasteiger partial charge in [-0.3, -0.25) is 14.4 Å². The summed E-state index contributed by atoms with van der Waals surface area (Å²) in [4.78, 5) is 36.0. The summed E-state index contributed by atoms with van der Waals surface area (Å²) in [5, 5.41) is 10.8. The summed E-state index contributed by atoms with van der Waals surface area (Å²) in [5.74, 6) is 0.429. The lowest BCUT2D eigenvalue weighted by Gasteiger charge is -2.27. The number of nitrogens with one attached hydrogen (secondary N) is 1. The second-order valence-corrected chi connectivity index (χ2v) is 6.84. The zero-order valence-corrected chi connectivity index (χ0v) is 15.2. The Labute approximate surface area is 154 Å². The predicted molar refractivity (Wildman–Crippen MR) is 96.4 cm³/mol. The van der Waals surface area contributed by atoms with Crippen LogP contribution in [-0.2, 0) is 16.2 Å². The Balaban J connectivity index is 2.11. The molecule has 0 saturated heterocycles. The molecule has 3 rings (SSSR count). The van der Waals surface area contributed by atoms with Crippen LogP contribution in [0.1, 0.15) is 26.3 Å². The second kappa shape index (κ2) is 7.09. The molecule has 0 aliphatic carbocycles. The van der Waals surface area contributed by atoms with Gasteiger partial charge in [0.05, 0.1) is 24.7 Å². The summed E-state index contributed by atoms with van der Waals surface area (Å²) in [6.07, 6.45) is 3.32. The molecule has 3 aromatic rings. The van der Waals surface area contributed by atoms with E-state index in [1.54, 1.807) is 16.7 Å². The van der Waals surface area contributed by atoms with Crippen LogP contribution in [-0.4, -0.2) is 38.2 Å². The highest BCUT2D eigenvalue weighted by atomic mass is 16.7. The number of aromatic nitrogens is 3. The highest BCUT2D eigenvalue weighted by molar-refractivity contribution is 5.90. The zero-order valence-electron chi connectivity index (χ0n) is 15.2. The summed E-state index contributed by atoms with van der Waals surface area (Å²) in [7, 11) is 0. The van der Waals surface area contributed by atoms with Crippen LogP contribution in [0.3, 0.4) is 0 Å². The minimum atomic E-state index is -0.555. The third-order valence-electron chi connectivity index (χ3n) is 3.76. The molecule has 9 nitrogen and oxygen atoms in total. The zero-order chi connectivity index (χ0) is 19.6. The molecule has 0 saturated carbocycles. The first-order valence-electron chi connectivity index (χ1n) is 8.30. The van der Waals surface area contributed by atoms with Crippen LogP contribution >= 0.6 is 0 Å². The van der Waals surface area contributed by atoms with E-state index >= 15 is 0 Å². The molecule has 0 aliphatic heterocycles. The maximum absolute atomic E-state index is 12.4. The molecular weight excluding hydrogens is 350 g/mol. The number of carbonyl (C=O) groups excluding carboxylic acids is 1. The molecule has 0 aromatic carbocycles. The molecule has 140 valence electrons. The maximum atomic E-state index is 12.4. The molecule has 1 amide bonds. The van der Waals surface area contributed by atoms with Crippen molar-refractivity contribution >= 4 is 17.4 Å². The van der Waals surface area contributed by atoms with Crippen molar-refractivity contribution < 1.29 is 14.0 Å². The van der Waals surface area contributed by atoms with E-state index in [0.29, 0.717) is 17.9 Å². The van der Waals surface area contributed by atoms with E-state index in [4.69, 9.17) is 9.25 Å². The largest absolute Gasteiger partial charge is 0.463 e. The number of hydroxylamine groups is 2. The Hall–Kier alpha value is -3.38. The van der Waals surface area contributed by atoms with E-state index in [2.05, 4.69) is 16.0 Å². The van der Waals surface area contributed by atoms with E-state index in [-0.39, 0.29) is 35.2 Å². The second-order valence-electron chi connectivity index (χ2n) is 6.84. The Kier molecular flexibility index (Phi) is 4.83. The summed E-state index contributed by atoms with van der Waals surface area (Å²) in [6, 6.07) is 5.49. The molecule has 3 heterocycles. The number of aromatic amines is 1. The summed E-state index contributed by atoms with van der Waals surface area (Å²) >= 11 is 0. The summed E-state index contributed by atoms with van der Waals surface area (Å²) < 4.78 is 7.09. The Bertz CT molecular complexity index is 1050. The van der Waals surface area contributed by atoms with Gasteiger partial charge in [-0.25, -0.2) is 10.0 Å². The van der Waals surface area contributed by atoms with E-state index in [0.717, 1.165) is 5.06 Å². The molecule has 27 heavy (non-hydrogen) atoms. The van der Waals surface area contributed by atoms with Crippen molar-refractivity contribution in [3.8, 4) is 17.5 Å². The van der Waals surface area contributed by atoms with Gasteiger partial charge in [-0.05, 0) is 32.9 Å². The van der Waals surface area contributed by atoms with Crippen molar-refractivity contribution in [2.45, 2.75) is 32.9 Å². The van der Waals surface area contributed by atoms with Gasteiger partial charge in [0.15, 0.2) is 5.76 Å². The fraction of sp³-hybridized carbons (Fsp3) is 0.333. The van der Waals surface area contributed by atoms with Crippen LogP contribution < -0.4 is 5.56 Å². The van der Waals surface area contributed by atoms with Gasteiger partial charge in [0.1, 0.15) is 28.4 Å². The van der Waals surface area contributed by atoms with Gasteiger partial charge in [-0.2, -0.15) is 5.26 Å². The third kappa shape index (κ3) is 3.61. The normalized spacial score (nSPS) is 11.5. The molecule has 0 unspecified atom stereocenters. The fourth-order valence-electron chi connectivity index (χ4n) is 2.85. The lowest BCUT2D eigenvalue weighted by molar-refractivity contribution is -0.216. The number of nitrogens with zero attached hydrogens (tertiary/aromatic N) is 4. The first kappa shape index (κ1) is 18.4. The fourth-order valence-corrected chi connectivity index (χ4v) is 2.85. The van der Waals surface area contributed by atoms with E-state index in [1.165, 1.54) is 12.6 Å². The summed E-state index contributed by atoms with van der Waals surface area (Å²) in [5.41, 5.74) is 0.247. The molecule has 0 spiro atoms. The smallest absolute Gasteiger partial charge is 0.275 e. The first-order valence-corrected chi connectivity index (χ1v) is 8.30.